The van der Waals surface area contributed by atoms with E-state index in [0.29, 0.717) is 6.54 Å². The number of alkyl halides is 5. The van der Waals surface area contributed by atoms with Crippen LogP contribution in [0.2, 0.25) is 0 Å². The summed E-state index contributed by atoms with van der Waals surface area (Å²) < 4.78 is 84.0. The van der Waals surface area contributed by atoms with Crippen molar-refractivity contribution >= 4 is 9.84 Å². The van der Waals surface area contributed by atoms with Gasteiger partial charge in [0.2, 0.25) is 0 Å². The second-order valence-electron chi connectivity index (χ2n) is 5.80. The first-order valence-corrected chi connectivity index (χ1v) is 8.56. The van der Waals surface area contributed by atoms with Crippen molar-refractivity contribution in [3.63, 3.8) is 0 Å². The summed E-state index contributed by atoms with van der Waals surface area (Å²) >= 11 is 0. The van der Waals surface area contributed by atoms with E-state index in [-0.39, 0.29) is 18.7 Å². The molecule has 0 aliphatic carbocycles. The van der Waals surface area contributed by atoms with Gasteiger partial charge in [-0.3, -0.25) is 0 Å². The van der Waals surface area contributed by atoms with Crippen LogP contribution < -0.4 is 5.32 Å². The van der Waals surface area contributed by atoms with Crippen LogP contribution in [0, 0.1) is 0 Å². The van der Waals surface area contributed by atoms with Crippen LogP contribution in [0.15, 0.2) is 0 Å². The molecule has 4 nitrogen and oxygen atoms in total. The minimum Gasteiger partial charge on any atom is -0.389 e. The number of hydrogen-bond acceptors (Lipinski definition) is 4. The highest BCUT2D eigenvalue weighted by atomic mass is 32.2. The number of nitrogens with one attached hydrogen (secondary N) is 1. The van der Waals surface area contributed by atoms with Gasteiger partial charge in [0.15, 0.2) is 0 Å². The average Bonchev–Trinajstić information content (AvgIpc) is 2.24. The molecular weight excluding hydrogens is 333 g/mol. The van der Waals surface area contributed by atoms with Gasteiger partial charge in [-0.1, -0.05) is 0 Å². The maximum absolute atomic E-state index is 12.6. The average molecular weight is 355 g/mol. The lowest BCUT2D eigenvalue weighted by Gasteiger charge is -2.19. The summed E-state index contributed by atoms with van der Waals surface area (Å²) in [7, 11) is -3.67. The van der Waals surface area contributed by atoms with E-state index in [9.17, 15) is 35.5 Å². The smallest absolute Gasteiger partial charge is 0.389 e. The molecule has 0 heterocycles. The fourth-order valence-corrected chi connectivity index (χ4v) is 2.94. The minimum absolute atomic E-state index is 0.189. The third-order valence-corrected chi connectivity index (χ3v) is 4.55. The molecule has 0 spiro atoms. The van der Waals surface area contributed by atoms with E-state index < -0.39 is 46.1 Å². The first kappa shape index (κ1) is 21.5. The molecule has 0 aromatic heterocycles. The van der Waals surface area contributed by atoms with Crippen LogP contribution in [0.3, 0.4) is 0 Å². The third kappa shape index (κ3) is 9.52. The van der Waals surface area contributed by atoms with E-state index in [4.69, 9.17) is 0 Å². The summed E-state index contributed by atoms with van der Waals surface area (Å²) in [4.78, 5) is 0. The van der Waals surface area contributed by atoms with Gasteiger partial charge in [-0.2, -0.15) is 22.0 Å². The molecule has 0 aliphatic rings. The standard InChI is InChI=1S/C12H22F5NO3S/c1-10(2,19)9-18-6-4-8-22(20,21)7-3-5-11(13,14)12(15,16)17/h18-19H,3-9H2,1-2H3. The summed E-state index contributed by atoms with van der Waals surface area (Å²) in [5.41, 5.74) is -0.942. The summed E-state index contributed by atoms with van der Waals surface area (Å²) in [5, 5.41) is 12.2. The number of halogens is 5. The zero-order chi connectivity index (χ0) is 17.7. The van der Waals surface area contributed by atoms with Gasteiger partial charge in [0.1, 0.15) is 9.84 Å². The maximum Gasteiger partial charge on any atom is 0.453 e. The van der Waals surface area contributed by atoms with E-state index in [1.54, 1.807) is 13.8 Å². The quantitative estimate of drug-likeness (QED) is 0.465. The van der Waals surface area contributed by atoms with Crippen LogP contribution in [0.1, 0.15) is 33.1 Å². The molecular formula is C12H22F5NO3S. The van der Waals surface area contributed by atoms with Crippen molar-refractivity contribution in [1.82, 2.24) is 5.32 Å². The predicted octanol–water partition coefficient (Wildman–Crippen LogP) is 2.13. The van der Waals surface area contributed by atoms with Gasteiger partial charge in [-0.05, 0) is 33.2 Å². The molecule has 0 radical (unpaired) electrons. The molecule has 22 heavy (non-hydrogen) atoms. The molecule has 2 N–H and O–H groups in total. The van der Waals surface area contributed by atoms with Gasteiger partial charge in [-0.15, -0.1) is 0 Å². The Hall–Kier alpha value is -0.480. The molecule has 0 bridgehead atoms. The van der Waals surface area contributed by atoms with Gasteiger partial charge in [0.25, 0.3) is 0 Å². The fourth-order valence-electron chi connectivity index (χ4n) is 1.57. The second kappa shape index (κ2) is 7.87. The largest absolute Gasteiger partial charge is 0.453 e. The molecule has 0 fully saturated rings. The third-order valence-electron chi connectivity index (χ3n) is 2.73. The van der Waals surface area contributed by atoms with E-state index in [0.717, 1.165) is 0 Å². The highest BCUT2D eigenvalue weighted by molar-refractivity contribution is 7.91. The fraction of sp³-hybridized carbons (Fsp3) is 1.00. The highest BCUT2D eigenvalue weighted by Crippen LogP contribution is 2.38. The normalized spacial score (nSPS) is 14.4. The predicted molar refractivity (Wildman–Crippen MR) is 72.7 cm³/mol. The summed E-state index contributed by atoms with van der Waals surface area (Å²) in [6, 6.07) is 0. The Kier molecular flexibility index (Phi) is 7.70. The van der Waals surface area contributed by atoms with Crippen LogP contribution in [0.5, 0.6) is 0 Å². The van der Waals surface area contributed by atoms with Crippen LogP contribution in [-0.4, -0.2) is 55.8 Å². The molecule has 10 heteroatoms. The molecule has 0 saturated heterocycles. The highest BCUT2D eigenvalue weighted by Gasteiger charge is 2.56. The van der Waals surface area contributed by atoms with Gasteiger partial charge in [0.05, 0.1) is 17.1 Å². The Morgan fingerprint density at radius 3 is 1.95 bits per heavy atom. The zero-order valence-corrected chi connectivity index (χ0v) is 13.3. The molecule has 0 aromatic rings. The van der Waals surface area contributed by atoms with Crippen molar-refractivity contribution in [2.75, 3.05) is 24.6 Å². The van der Waals surface area contributed by atoms with Crippen molar-refractivity contribution in [2.45, 2.75) is 50.8 Å². The lowest BCUT2D eigenvalue weighted by molar-refractivity contribution is -0.284. The zero-order valence-electron chi connectivity index (χ0n) is 12.5. The van der Waals surface area contributed by atoms with E-state index in [1.807, 2.05) is 0 Å². The lowest BCUT2D eigenvalue weighted by Crippen LogP contribution is -2.36. The van der Waals surface area contributed by atoms with Crippen LogP contribution in [0.4, 0.5) is 22.0 Å². The van der Waals surface area contributed by atoms with Crippen molar-refractivity contribution in [3.8, 4) is 0 Å². The number of sulfone groups is 1. The topological polar surface area (TPSA) is 66.4 Å². The van der Waals surface area contributed by atoms with Crippen molar-refractivity contribution in [1.29, 1.82) is 0 Å². The van der Waals surface area contributed by atoms with Gasteiger partial charge in [0, 0.05) is 13.0 Å². The van der Waals surface area contributed by atoms with Crippen LogP contribution in [-0.2, 0) is 9.84 Å². The molecule has 0 unspecified atom stereocenters. The molecule has 0 atom stereocenters. The number of hydrogen-bond donors (Lipinski definition) is 2. The molecule has 0 saturated carbocycles. The van der Waals surface area contributed by atoms with Gasteiger partial charge in [-0.25, -0.2) is 8.42 Å². The van der Waals surface area contributed by atoms with Gasteiger partial charge < -0.3 is 10.4 Å². The summed E-state index contributed by atoms with van der Waals surface area (Å²) in [5.74, 6) is -5.87. The Labute approximate surface area is 127 Å². The van der Waals surface area contributed by atoms with Crippen molar-refractivity contribution < 1.29 is 35.5 Å². The number of aliphatic hydroxyl groups is 1. The monoisotopic (exact) mass is 355 g/mol. The Morgan fingerprint density at radius 1 is 1.00 bits per heavy atom. The summed E-state index contributed by atoms with van der Waals surface area (Å²) in [6.45, 7) is 3.68. The van der Waals surface area contributed by atoms with E-state index in [1.165, 1.54) is 0 Å². The first-order chi connectivity index (χ1) is 9.66. The molecule has 0 aliphatic heterocycles. The second-order valence-corrected chi connectivity index (χ2v) is 8.10. The molecule has 134 valence electrons. The summed E-state index contributed by atoms with van der Waals surface area (Å²) in [6.07, 6.45) is -7.75. The van der Waals surface area contributed by atoms with Crippen molar-refractivity contribution in [3.05, 3.63) is 0 Å². The molecule has 0 rings (SSSR count). The minimum atomic E-state index is -5.65. The maximum atomic E-state index is 12.6. The van der Waals surface area contributed by atoms with E-state index >= 15 is 0 Å². The first-order valence-electron chi connectivity index (χ1n) is 6.74. The van der Waals surface area contributed by atoms with Crippen LogP contribution in [0.25, 0.3) is 0 Å². The van der Waals surface area contributed by atoms with Gasteiger partial charge >= 0.3 is 12.1 Å². The Morgan fingerprint density at radius 2 is 1.50 bits per heavy atom. The Bertz CT molecular complexity index is 429. The van der Waals surface area contributed by atoms with Crippen LogP contribution >= 0.6 is 0 Å². The lowest BCUT2D eigenvalue weighted by atomic mass is 10.1. The molecule has 0 aromatic carbocycles. The molecule has 0 amide bonds. The SMILES string of the molecule is CC(C)(O)CNCCCS(=O)(=O)CCCC(F)(F)C(F)(F)F. The van der Waals surface area contributed by atoms with Crippen molar-refractivity contribution in [2.24, 2.45) is 0 Å². The number of rotatable bonds is 10. The Balaban J connectivity index is 4.02. The van der Waals surface area contributed by atoms with E-state index in [2.05, 4.69) is 5.32 Å².